The standard InChI is InChI=1S/C12H14Cl2FNO/c1-7(2)9(14)6-16-12(17)11-8(13)4-3-5-10(11)15/h3-5,7,9H,6H2,1-2H3,(H,16,17). The average Bonchev–Trinajstić information content (AvgIpc) is 2.25. The lowest BCUT2D eigenvalue weighted by Gasteiger charge is -2.14. The summed E-state index contributed by atoms with van der Waals surface area (Å²) in [5.41, 5.74) is -0.137. The summed E-state index contributed by atoms with van der Waals surface area (Å²) in [4.78, 5) is 11.7. The van der Waals surface area contributed by atoms with E-state index in [1.165, 1.54) is 18.2 Å². The van der Waals surface area contributed by atoms with Crippen molar-refractivity contribution in [2.75, 3.05) is 6.54 Å². The zero-order valence-corrected chi connectivity index (χ0v) is 11.1. The summed E-state index contributed by atoms with van der Waals surface area (Å²) >= 11 is 11.8. The minimum absolute atomic E-state index is 0.0955. The van der Waals surface area contributed by atoms with Crippen LogP contribution >= 0.6 is 23.2 Å². The number of hydrogen-bond acceptors (Lipinski definition) is 1. The van der Waals surface area contributed by atoms with Gasteiger partial charge in [0.1, 0.15) is 5.82 Å². The normalized spacial score (nSPS) is 12.6. The molecule has 0 spiro atoms. The number of halogens is 3. The Hall–Kier alpha value is -0.800. The molecule has 1 aromatic carbocycles. The second kappa shape index (κ2) is 6.22. The summed E-state index contributed by atoms with van der Waals surface area (Å²) in [5, 5.41) is 2.47. The van der Waals surface area contributed by atoms with Crippen molar-refractivity contribution in [3.8, 4) is 0 Å². The van der Waals surface area contributed by atoms with Gasteiger partial charge in [-0.3, -0.25) is 4.79 Å². The van der Waals surface area contributed by atoms with Gasteiger partial charge in [-0.25, -0.2) is 4.39 Å². The Bertz CT molecular complexity index is 389. The number of alkyl halides is 1. The molecule has 1 rings (SSSR count). The molecule has 0 fully saturated rings. The van der Waals surface area contributed by atoms with Crippen LogP contribution in [0.25, 0.3) is 0 Å². The highest BCUT2D eigenvalue weighted by Crippen LogP contribution is 2.18. The number of rotatable bonds is 4. The molecule has 0 saturated carbocycles. The van der Waals surface area contributed by atoms with Gasteiger partial charge in [-0.05, 0) is 18.1 Å². The van der Waals surface area contributed by atoms with Gasteiger partial charge in [0.15, 0.2) is 0 Å². The quantitative estimate of drug-likeness (QED) is 0.839. The van der Waals surface area contributed by atoms with Gasteiger partial charge < -0.3 is 5.32 Å². The van der Waals surface area contributed by atoms with Crippen LogP contribution in [0.4, 0.5) is 4.39 Å². The molecular weight excluding hydrogens is 264 g/mol. The third kappa shape index (κ3) is 3.86. The van der Waals surface area contributed by atoms with Crippen LogP contribution in [0.5, 0.6) is 0 Å². The minimum atomic E-state index is -0.634. The Morgan fingerprint density at radius 2 is 2.12 bits per heavy atom. The molecule has 0 saturated heterocycles. The van der Waals surface area contributed by atoms with Crippen LogP contribution in [0.2, 0.25) is 5.02 Å². The molecule has 1 N–H and O–H groups in total. The fraction of sp³-hybridized carbons (Fsp3) is 0.417. The first-order chi connectivity index (χ1) is 7.93. The molecule has 0 aliphatic rings. The first-order valence-corrected chi connectivity index (χ1v) is 6.11. The van der Waals surface area contributed by atoms with E-state index in [0.717, 1.165) is 0 Å². The van der Waals surface area contributed by atoms with Gasteiger partial charge in [-0.1, -0.05) is 31.5 Å². The number of hydrogen-bond donors (Lipinski definition) is 1. The lowest BCUT2D eigenvalue weighted by atomic mass is 10.1. The Morgan fingerprint density at radius 1 is 1.47 bits per heavy atom. The van der Waals surface area contributed by atoms with Crippen molar-refractivity contribution in [2.45, 2.75) is 19.2 Å². The topological polar surface area (TPSA) is 29.1 Å². The zero-order chi connectivity index (χ0) is 13.0. The van der Waals surface area contributed by atoms with Gasteiger partial charge in [0, 0.05) is 6.54 Å². The lowest BCUT2D eigenvalue weighted by molar-refractivity contribution is 0.0948. The first-order valence-electron chi connectivity index (χ1n) is 5.29. The van der Waals surface area contributed by atoms with Crippen molar-refractivity contribution >= 4 is 29.1 Å². The van der Waals surface area contributed by atoms with Crippen molar-refractivity contribution in [2.24, 2.45) is 5.92 Å². The van der Waals surface area contributed by atoms with Crippen LogP contribution in [-0.4, -0.2) is 17.8 Å². The molecule has 0 aliphatic carbocycles. The molecule has 0 heterocycles. The molecule has 1 unspecified atom stereocenters. The van der Waals surface area contributed by atoms with Gasteiger partial charge >= 0.3 is 0 Å². The molecule has 0 aromatic heterocycles. The number of carbonyl (C=O) groups excluding carboxylic acids is 1. The highest BCUT2D eigenvalue weighted by Gasteiger charge is 2.17. The average molecular weight is 278 g/mol. The maximum absolute atomic E-state index is 13.4. The van der Waals surface area contributed by atoms with E-state index in [0.29, 0.717) is 0 Å². The maximum atomic E-state index is 13.4. The molecule has 1 atom stereocenters. The predicted molar refractivity (Wildman–Crippen MR) is 68.2 cm³/mol. The summed E-state index contributed by atoms with van der Waals surface area (Å²) in [6.45, 7) is 4.17. The monoisotopic (exact) mass is 277 g/mol. The van der Waals surface area contributed by atoms with E-state index in [4.69, 9.17) is 23.2 Å². The molecule has 5 heteroatoms. The van der Waals surface area contributed by atoms with E-state index in [-0.39, 0.29) is 28.4 Å². The molecule has 2 nitrogen and oxygen atoms in total. The highest BCUT2D eigenvalue weighted by molar-refractivity contribution is 6.33. The molecule has 1 aromatic rings. The fourth-order valence-corrected chi connectivity index (χ4v) is 1.56. The molecule has 1 amide bonds. The van der Waals surface area contributed by atoms with Gasteiger partial charge in [-0.2, -0.15) is 0 Å². The van der Waals surface area contributed by atoms with Crippen molar-refractivity contribution in [1.82, 2.24) is 5.32 Å². The van der Waals surface area contributed by atoms with Crippen molar-refractivity contribution in [3.05, 3.63) is 34.6 Å². The Kier molecular flexibility index (Phi) is 5.22. The molecule has 0 aliphatic heterocycles. The Balaban J connectivity index is 2.71. The summed E-state index contributed by atoms with van der Waals surface area (Å²) in [6, 6.07) is 4.12. The molecule has 0 bridgehead atoms. The molecular formula is C12H14Cl2FNO. The fourth-order valence-electron chi connectivity index (χ4n) is 1.23. The van der Waals surface area contributed by atoms with Crippen LogP contribution in [0.15, 0.2) is 18.2 Å². The second-order valence-electron chi connectivity index (χ2n) is 4.07. The van der Waals surface area contributed by atoms with Gasteiger partial charge in [0.05, 0.1) is 16.0 Å². The zero-order valence-electron chi connectivity index (χ0n) is 9.64. The Morgan fingerprint density at radius 3 is 2.65 bits per heavy atom. The van der Waals surface area contributed by atoms with Crippen molar-refractivity contribution in [1.29, 1.82) is 0 Å². The number of amides is 1. The highest BCUT2D eigenvalue weighted by atomic mass is 35.5. The van der Waals surface area contributed by atoms with E-state index in [1.54, 1.807) is 0 Å². The first kappa shape index (κ1) is 14.3. The Labute approximate surface area is 110 Å². The maximum Gasteiger partial charge on any atom is 0.255 e. The second-order valence-corrected chi connectivity index (χ2v) is 5.03. The third-order valence-corrected chi connectivity index (χ3v) is 3.34. The lowest BCUT2D eigenvalue weighted by Crippen LogP contribution is -2.32. The van der Waals surface area contributed by atoms with Gasteiger partial charge in [0.25, 0.3) is 5.91 Å². The van der Waals surface area contributed by atoms with E-state index < -0.39 is 11.7 Å². The van der Waals surface area contributed by atoms with Crippen molar-refractivity contribution in [3.63, 3.8) is 0 Å². The number of carbonyl (C=O) groups is 1. The van der Waals surface area contributed by atoms with Crippen LogP contribution < -0.4 is 5.32 Å². The minimum Gasteiger partial charge on any atom is -0.350 e. The summed E-state index contributed by atoms with van der Waals surface area (Å²) < 4.78 is 13.4. The van der Waals surface area contributed by atoms with Crippen LogP contribution in [0.1, 0.15) is 24.2 Å². The largest absolute Gasteiger partial charge is 0.350 e. The van der Waals surface area contributed by atoms with E-state index >= 15 is 0 Å². The van der Waals surface area contributed by atoms with Crippen LogP contribution in [0, 0.1) is 11.7 Å². The SMILES string of the molecule is CC(C)C(Cl)CNC(=O)c1c(F)cccc1Cl. The van der Waals surface area contributed by atoms with E-state index in [2.05, 4.69) is 5.32 Å². The third-order valence-electron chi connectivity index (χ3n) is 2.37. The summed E-state index contributed by atoms with van der Waals surface area (Å²) in [5.74, 6) is -0.946. The van der Waals surface area contributed by atoms with E-state index in [9.17, 15) is 9.18 Å². The van der Waals surface area contributed by atoms with Gasteiger partial charge in [0.2, 0.25) is 0 Å². The number of benzene rings is 1. The van der Waals surface area contributed by atoms with Crippen molar-refractivity contribution < 1.29 is 9.18 Å². The summed E-state index contributed by atoms with van der Waals surface area (Å²) in [6.07, 6.45) is 0. The smallest absolute Gasteiger partial charge is 0.255 e. The van der Waals surface area contributed by atoms with Gasteiger partial charge in [-0.15, -0.1) is 11.6 Å². The molecule has 94 valence electrons. The summed E-state index contributed by atoms with van der Waals surface area (Å²) in [7, 11) is 0. The van der Waals surface area contributed by atoms with Crippen LogP contribution in [-0.2, 0) is 0 Å². The van der Waals surface area contributed by atoms with E-state index in [1.807, 2.05) is 13.8 Å². The molecule has 17 heavy (non-hydrogen) atoms. The molecule has 0 radical (unpaired) electrons. The predicted octanol–water partition coefficient (Wildman–Crippen LogP) is 3.47. The van der Waals surface area contributed by atoms with Crippen LogP contribution in [0.3, 0.4) is 0 Å². The number of nitrogens with one attached hydrogen (secondary N) is 1.